The standard InChI is InChI=1S/C10H8FN3O/c11-8-3-1-7(2-4-8)9(15)14-10-12-5-6-13-10/h1-6H,(H2,12,13,14,15). The molecule has 0 aliphatic rings. The van der Waals surface area contributed by atoms with Crippen molar-refractivity contribution in [2.75, 3.05) is 5.32 Å². The van der Waals surface area contributed by atoms with Gasteiger partial charge in [0.2, 0.25) is 5.95 Å². The third kappa shape index (κ3) is 2.19. The molecule has 0 radical (unpaired) electrons. The maximum absolute atomic E-state index is 12.6. The van der Waals surface area contributed by atoms with E-state index in [1.165, 1.54) is 30.5 Å². The van der Waals surface area contributed by atoms with Gasteiger partial charge >= 0.3 is 0 Å². The van der Waals surface area contributed by atoms with Crippen LogP contribution in [-0.4, -0.2) is 15.9 Å². The van der Waals surface area contributed by atoms with Crippen LogP contribution in [0.2, 0.25) is 0 Å². The monoisotopic (exact) mass is 205 g/mol. The summed E-state index contributed by atoms with van der Waals surface area (Å²) < 4.78 is 12.6. The largest absolute Gasteiger partial charge is 0.331 e. The molecule has 0 saturated heterocycles. The minimum Gasteiger partial charge on any atom is -0.331 e. The van der Waals surface area contributed by atoms with Crippen molar-refractivity contribution in [2.24, 2.45) is 0 Å². The summed E-state index contributed by atoms with van der Waals surface area (Å²) in [5.74, 6) is -0.334. The molecule has 0 aliphatic carbocycles. The number of carbonyl (C=O) groups excluding carboxylic acids is 1. The fourth-order valence-electron chi connectivity index (χ4n) is 1.11. The number of nitrogens with one attached hydrogen (secondary N) is 2. The number of amides is 1. The highest BCUT2D eigenvalue weighted by Gasteiger charge is 2.06. The van der Waals surface area contributed by atoms with Crippen molar-refractivity contribution in [1.82, 2.24) is 9.97 Å². The molecule has 76 valence electrons. The van der Waals surface area contributed by atoms with Gasteiger partial charge in [0.05, 0.1) is 0 Å². The molecule has 0 atom stereocenters. The zero-order valence-corrected chi connectivity index (χ0v) is 7.70. The number of rotatable bonds is 2. The van der Waals surface area contributed by atoms with Crippen LogP contribution in [0.5, 0.6) is 0 Å². The van der Waals surface area contributed by atoms with Crippen molar-refractivity contribution in [3.8, 4) is 0 Å². The second-order valence-corrected chi connectivity index (χ2v) is 2.90. The van der Waals surface area contributed by atoms with E-state index in [-0.39, 0.29) is 11.7 Å². The van der Waals surface area contributed by atoms with Crippen LogP contribution in [0.15, 0.2) is 36.7 Å². The summed E-state index contributed by atoms with van der Waals surface area (Å²) in [6.45, 7) is 0. The van der Waals surface area contributed by atoms with Gasteiger partial charge in [-0.15, -0.1) is 0 Å². The molecule has 0 saturated carbocycles. The number of hydrogen-bond donors (Lipinski definition) is 2. The molecule has 0 bridgehead atoms. The average Bonchev–Trinajstić information content (AvgIpc) is 2.71. The van der Waals surface area contributed by atoms with Crippen molar-refractivity contribution in [1.29, 1.82) is 0 Å². The molecule has 2 aromatic rings. The Kier molecular flexibility index (Phi) is 2.45. The number of nitrogens with zero attached hydrogens (tertiary/aromatic N) is 1. The molecule has 0 fully saturated rings. The first kappa shape index (κ1) is 9.39. The number of imidazole rings is 1. The van der Waals surface area contributed by atoms with Gasteiger partial charge in [0, 0.05) is 18.0 Å². The van der Waals surface area contributed by atoms with E-state index in [4.69, 9.17) is 0 Å². The lowest BCUT2D eigenvalue weighted by Gasteiger charge is -2.00. The topological polar surface area (TPSA) is 57.8 Å². The van der Waals surface area contributed by atoms with Crippen LogP contribution in [0.25, 0.3) is 0 Å². The van der Waals surface area contributed by atoms with E-state index in [1.807, 2.05) is 0 Å². The fourth-order valence-corrected chi connectivity index (χ4v) is 1.11. The van der Waals surface area contributed by atoms with Crippen LogP contribution >= 0.6 is 0 Å². The quantitative estimate of drug-likeness (QED) is 0.785. The highest BCUT2D eigenvalue weighted by atomic mass is 19.1. The first-order chi connectivity index (χ1) is 7.25. The Morgan fingerprint density at radius 3 is 2.67 bits per heavy atom. The van der Waals surface area contributed by atoms with E-state index < -0.39 is 0 Å². The summed E-state index contributed by atoms with van der Waals surface area (Å²) in [5, 5.41) is 2.53. The lowest BCUT2D eigenvalue weighted by molar-refractivity contribution is 0.102. The zero-order valence-electron chi connectivity index (χ0n) is 7.70. The minimum atomic E-state index is -0.371. The lowest BCUT2D eigenvalue weighted by atomic mass is 10.2. The number of H-pyrrole nitrogens is 1. The normalized spacial score (nSPS) is 9.93. The second kappa shape index (κ2) is 3.91. The number of anilines is 1. The van der Waals surface area contributed by atoms with Crippen molar-refractivity contribution in [3.05, 3.63) is 48.0 Å². The summed E-state index contributed by atoms with van der Waals surface area (Å²) in [7, 11) is 0. The maximum Gasteiger partial charge on any atom is 0.257 e. The van der Waals surface area contributed by atoms with Gasteiger partial charge in [0.1, 0.15) is 5.82 Å². The molecule has 2 rings (SSSR count). The Labute approximate surface area is 85.2 Å². The Hall–Kier alpha value is -2.17. The maximum atomic E-state index is 12.6. The Morgan fingerprint density at radius 1 is 1.33 bits per heavy atom. The smallest absolute Gasteiger partial charge is 0.257 e. The van der Waals surface area contributed by atoms with Crippen molar-refractivity contribution in [3.63, 3.8) is 0 Å². The van der Waals surface area contributed by atoms with E-state index >= 15 is 0 Å². The van der Waals surface area contributed by atoms with Gasteiger partial charge in [0.15, 0.2) is 0 Å². The molecule has 1 amide bonds. The molecule has 15 heavy (non-hydrogen) atoms. The van der Waals surface area contributed by atoms with Crippen LogP contribution in [0.3, 0.4) is 0 Å². The van der Waals surface area contributed by atoms with Gasteiger partial charge in [-0.25, -0.2) is 9.37 Å². The van der Waals surface area contributed by atoms with E-state index in [0.717, 1.165) is 0 Å². The lowest BCUT2D eigenvalue weighted by Crippen LogP contribution is -2.12. The molecule has 0 unspecified atom stereocenters. The third-order valence-electron chi connectivity index (χ3n) is 1.84. The zero-order chi connectivity index (χ0) is 10.7. The van der Waals surface area contributed by atoms with Gasteiger partial charge in [-0.2, -0.15) is 0 Å². The molecule has 4 nitrogen and oxygen atoms in total. The molecular weight excluding hydrogens is 197 g/mol. The predicted octanol–water partition coefficient (Wildman–Crippen LogP) is 1.80. The van der Waals surface area contributed by atoms with Crippen LogP contribution < -0.4 is 5.32 Å². The molecule has 0 aliphatic heterocycles. The van der Waals surface area contributed by atoms with E-state index in [1.54, 1.807) is 6.20 Å². The van der Waals surface area contributed by atoms with Crippen LogP contribution in [-0.2, 0) is 0 Å². The molecule has 5 heteroatoms. The van der Waals surface area contributed by atoms with Crippen LogP contribution in [0, 0.1) is 5.82 Å². The predicted molar refractivity (Wildman–Crippen MR) is 52.9 cm³/mol. The number of aromatic nitrogens is 2. The summed E-state index contributed by atoms with van der Waals surface area (Å²) in [4.78, 5) is 18.1. The number of carbonyl (C=O) groups is 1. The highest BCUT2D eigenvalue weighted by molar-refractivity contribution is 6.03. The minimum absolute atomic E-state index is 0.329. The summed E-state index contributed by atoms with van der Waals surface area (Å²) in [5.41, 5.74) is 0.382. The number of hydrogen-bond acceptors (Lipinski definition) is 2. The van der Waals surface area contributed by atoms with Crippen LogP contribution in [0.1, 0.15) is 10.4 Å². The molecule has 2 N–H and O–H groups in total. The molecule has 1 aromatic heterocycles. The molecule has 1 heterocycles. The molecule has 0 spiro atoms. The third-order valence-corrected chi connectivity index (χ3v) is 1.84. The second-order valence-electron chi connectivity index (χ2n) is 2.90. The summed E-state index contributed by atoms with van der Waals surface area (Å²) in [6.07, 6.45) is 3.13. The van der Waals surface area contributed by atoms with Gasteiger partial charge in [-0.05, 0) is 24.3 Å². The van der Waals surface area contributed by atoms with Crippen molar-refractivity contribution < 1.29 is 9.18 Å². The first-order valence-corrected chi connectivity index (χ1v) is 4.32. The number of aromatic amines is 1. The van der Waals surface area contributed by atoms with E-state index in [2.05, 4.69) is 15.3 Å². The van der Waals surface area contributed by atoms with Gasteiger partial charge < -0.3 is 4.98 Å². The summed E-state index contributed by atoms with van der Waals surface area (Å²) >= 11 is 0. The first-order valence-electron chi connectivity index (χ1n) is 4.32. The highest BCUT2D eigenvalue weighted by Crippen LogP contribution is 2.05. The fraction of sp³-hybridized carbons (Fsp3) is 0. The molecular formula is C10H8FN3O. The van der Waals surface area contributed by atoms with Gasteiger partial charge in [0.25, 0.3) is 5.91 Å². The Balaban J connectivity index is 2.11. The number of halogens is 1. The van der Waals surface area contributed by atoms with Crippen molar-refractivity contribution >= 4 is 11.9 Å². The SMILES string of the molecule is O=C(Nc1ncc[nH]1)c1ccc(F)cc1. The van der Waals surface area contributed by atoms with Gasteiger partial charge in [-0.1, -0.05) is 0 Å². The molecule has 1 aromatic carbocycles. The Bertz CT molecular complexity index is 450. The van der Waals surface area contributed by atoms with Crippen molar-refractivity contribution in [2.45, 2.75) is 0 Å². The van der Waals surface area contributed by atoms with Gasteiger partial charge in [-0.3, -0.25) is 10.1 Å². The van der Waals surface area contributed by atoms with E-state index in [0.29, 0.717) is 11.5 Å². The number of benzene rings is 1. The van der Waals surface area contributed by atoms with E-state index in [9.17, 15) is 9.18 Å². The summed E-state index contributed by atoms with van der Waals surface area (Å²) in [6, 6.07) is 5.29. The van der Waals surface area contributed by atoms with Crippen LogP contribution in [0.4, 0.5) is 10.3 Å². The average molecular weight is 205 g/mol. The Morgan fingerprint density at radius 2 is 2.07 bits per heavy atom.